The molecule has 0 spiro atoms. The maximum absolute atomic E-state index is 12.7. The van der Waals surface area contributed by atoms with E-state index < -0.39 is 5.95 Å². The Morgan fingerprint density at radius 1 is 1.21 bits per heavy atom. The summed E-state index contributed by atoms with van der Waals surface area (Å²) in [5.41, 5.74) is 0.224. The molecule has 1 N–H and O–H groups in total. The first-order chi connectivity index (χ1) is 6.75. The molecule has 0 atom stereocenters. The van der Waals surface area contributed by atoms with Crippen LogP contribution in [0.2, 0.25) is 0 Å². The van der Waals surface area contributed by atoms with Gasteiger partial charge in [-0.3, -0.25) is 4.79 Å². The predicted octanol–water partition coefficient (Wildman–Crippen LogP) is 0.971. The Balaban J connectivity index is 2.55. The van der Waals surface area contributed by atoms with Crippen molar-refractivity contribution >= 4 is 0 Å². The molecule has 5 heteroatoms. The number of halogens is 1. The number of rotatable bonds is 1. The number of nitrogens with one attached hydrogen (secondary N) is 1. The lowest BCUT2D eigenvalue weighted by molar-refractivity contribution is 0.584. The van der Waals surface area contributed by atoms with E-state index in [0.29, 0.717) is 11.4 Å². The summed E-state index contributed by atoms with van der Waals surface area (Å²) in [6.45, 7) is 0. The van der Waals surface area contributed by atoms with Crippen molar-refractivity contribution in [2.24, 2.45) is 0 Å². The van der Waals surface area contributed by atoms with Crippen molar-refractivity contribution in [3.8, 4) is 11.4 Å². The van der Waals surface area contributed by atoms with E-state index in [0.717, 1.165) is 0 Å². The number of H-pyrrole nitrogens is 1. The van der Waals surface area contributed by atoms with Gasteiger partial charge >= 0.3 is 0 Å². The molecule has 70 valence electrons. The van der Waals surface area contributed by atoms with Crippen LogP contribution in [0.25, 0.3) is 11.4 Å². The SMILES string of the molecule is O=c1ccnc(-c2ccnc(F)c2)[nH]1. The van der Waals surface area contributed by atoms with Crippen LogP contribution in [0.1, 0.15) is 0 Å². The molecular formula is C9H6FN3O. The average Bonchev–Trinajstić information content (AvgIpc) is 2.18. The molecule has 2 aromatic rings. The van der Waals surface area contributed by atoms with E-state index in [4.69, 9.17) is 0 Å². The van der Waals surface area contributed by atoms with Crippen LogP contribution >= 0.6 is 0 Å². The van der Waals surface area contributed by atoms with Gasteiger partial charge in [0.05, 0.1) is 0 Å². The van der Waals surface area contributed by atoms with E-state index in [1.54, 1.807) is 6.07 Å². The fraction of sp³-hybridized carbons (Fsp3) is 0. The van der Waals surface area contributed by atoms with E-state index in [-0.39, 0.29) is 5.56 Å². The minimum absolute atomic E-state index is 0.271. The number of nitrogens with zero attached hydrogens (tertiary/aromatic N) is 2. The first kappa shape index (κ1) is 8.55. The van der Waals surface area contributed by atoms with Crippen LogP contribution in [0.5, 0.6) is 0 Å². The average molecular weight is 191 g/mol. The Hall–Kier alpha value is -2.04. The molecule has 2 aromatic heterocycles. The molecular weight excluding hydrogens is 185 g/mol. The van der Waals surface area contributed by atoms with E-state index in [1.807, 2.05) is 0 Å². The number of hydrogen-bond donors (Lipinski definition) is 1. The zero-order valence-electron chi connectivity index (χ0n) is 7.07. The van der Waals surface area contributed by atoms with Crippen molar-refractivity contribution in [3.63, 3.8) is 0 Å². The summed E-state index contributed by atoms with van der Waals surface area (Å²) in [5.74, 6) is -0.271. The van der Waals surface area contributed by atoms with E-state index in [1.165, 1.54) is 24.5 Å². The van der Waals surface area contributed by atoms with Crippen molar-refractivity contribution in [2.45, 2.75) is 0 Å². The zero-order valence-corrected chi connectivity index (χ0v) is 7.07. The molecule has 0 aliphatic heterocycles. The van der Waals surface area contributed by atoms with Gasteiger partial charge in [-0.15, -0.1) is 0 Å². The normalized spacial score (nSPS) is 10.1. The number of aromatic nitrogens is 3. The molecule has 0 bridgehead atoms. The van der Waals surface area contributed by atoms with Gasteiger partial charge in [-0.2, -0.15) is 4.39 Å². The number of aromatic amines is 1. The maximum atomic E-state index is 12.7. The van der Waals surface area contributed by atoms with Crippen LogP contribution < -0.4 is 5.56 Å². The quantitative estimate of drug-likeness (QED) is 0.683. The van der Waals surface area contributed by atoms with Gasteiger partial charge in [0.25, 0.3) is 5.56 Å². The molecule has 2 heterocycles. The van der Waals surface area contributed by atoms with Gasteiger partial charge in [0.1, 0.15) is 5.82 Å². The Bertz CT molecular complexity index is 509. The smallest absolute Gasteiger partial charge is 0.251 e. The maximum Gasteiger partial charge on any atom is 0.251 e. The van der Waals surface area contributed by atoms with Crippen molar-refractivity contribution in [2.75, 3.05) is 0 Å². The second kappa shape index (κ2) is 3.37. The minimum Gasteiger partial charge on any atom is -0.307 e. The fourth-order valence-corrected chi connectivity index (χ4v) is 1.07. The first-order valence-corrected chi connectivity index (χ1v) is 3.93. The van der Waals surface area contributed by atoms with Crippen LogP contribution in [0, 0.1) is 5.95 Å². The summed E-state index contributed by atoms with van der Waals surface area (Å²) >= 11 is 0. The summed E-state index contributed by atoms with van der Waals surface area (Å²) in [4.78, 5) is 20.7. The Morgan fingerprint density at radius 2 is 2.00 bits per heavy atom. The minimum atomic E-state index is -0.603. The molecule has 0 fully saturated rings. The highest BCUT2D eigenvalue weighted by Gasteiger charge is 2.01. The van der Waals surface area contributed by atoms with Crippen LogP contribution in [0.4, 0.5) is 4.39 Å². The predicted molar refractivity (Wildman–Crippen MR) is 48.0 cm³/mol. The summed E-state index contributed by atoms with van der Waals surface area (Å²) in [6, 6.07) is 4.07. The molecule has 4 nitrogen and oxygen atoms in total. The summed E-state index contributed by atoms with van der Waals surface area (Å²) < 4.78 is 12.7. The number of pyridine rings is 1. The highest BCUT2D eigenvalue weighted by atomic mass is 19.1. The van der Waals surface area contributed by atoms with Crippen LogP contribution in [-0.4, -0.2) is 15.0 Å². The molecule has 2 rings (SSSR count). The molecule has 0 saturated carbocycles. The molecule has 0 aliphatic carbocycles. The Kier molecular flexibility index (Phi) is 2.06. The second-order valence-corrected chi connectivity index (χ2v) is 2.65. The molecule has 0 saturated heterocycles. The van der Waals surface area contributed by atoms with Crippen LogP contribution in [0.3, 0.4) is 0 Å². The van der Waals surface area contributed by atoms with E-state index in [9.17, 15) is 9.18 Å². The van der Waals surface area contributed by atoms with Crippen LogP contribution in [0.15, 0.2) is 35.4 Å². The van der Waals surface area contributed by atoms with Crippen molar-refractivity contribution in [3.05, 3.63) is 46.9 Å². The largest absolute Gasteiger partial charge is 0.307 e. The van der Waals surface area contributed by atoms with Crippen molar-refractivity contribution < 1.29 is 4.39 Å². The Morgan fingerprint density at radius 3 is 2.71 bits per heavy atom. The molecule has 14 heavy (non-hydrogen) atoms. The lowest BCUT2D eigenvalue weighted by atomic mass is 10.2. The number of hydrogen-bond acceptors (Lipinski definition) is 3. The summed E-state index contributed by atoms with van der Waals surface area (Å²) in [7, 11) is 0. The van der Waals surface area contributed by atoms with Gasteiger partial charge in [0.15, 0.2) is 0 Å². The fourth-order valence-electron chi connectivity index (χ4n) is 1.07. The van der Waals surface area contributed by atoms with Gasteiger partial charge in [0.2, 0.25) is 5.95 Å². The highest BCUT2D eigenvalue weighted by Crippen LogP contribution is 2.11. The van der Waals surface area contributed by atoms with Gasteiger partial charge in [-0.1, -0.05) is 0 Å². The third-order valence-electron chi connectivity index (χ3n) is 1.67. The molecule has 0 aliphatic rings. The van der Waals surface area contributed by atoms with Crippen molar-refractivity contribution in [1.29, 1.82) is 0 Å². The highest BCUT2D eigenvalue weighted by molar-refractivity contribution is 5.52. The van der Waals surface area contributed by atoms with Gasteiger partial charge in [-0.25, -0.2) is 9.97 Å². The van der Waals surface area contributed by atoms with Gasteiger partial charge in [-0.05, 0) is 6.07 Å². The topological polar surface area (TPSA) is 58.6 Å². The van der Waals surface area contributed by atoms with E-state index in [2.05, 4.69) is 15.0 Å². The lowest BCUT2D eigenvalue weighted by Crippen LogP contribution is -2.05. The summed E-state index contributed by atoms with van der Waals surface area (Å²) in [5, 5.41) is 0. The summed E-state index contributed by atoms with van der Waals surface area (Å²) in [6.07, 6.45) is 2.68. The standard InChI is InChI=1S/C9H6FN3O/c10-7-5-6(1-3-11-7)9-12-4-2-8(14)13-9/h1-5H,(H,12,13,14). The van der Waals surface area contributed by atoms with Crippen LogP contribution in [-0.2, 0) is 0 Å². The van der Waals surface area contributed by atoms with Gasteiger partial charge in [0, 0.05) is 30.1 Å². The molecule has 0 radical (unpaired) electrons. The van der Waals surface area contributed by atoms with E-state index >= 15 is 0 Å². The third-order valence-corrected chi connectivity index (χ3v) is 1.67. The lowest BCUT2D eigenvalue weighted by Gasteiger charge is -1.98. The van der Waals surface area contributed by atoms with Crippen molar-refractivity contribution in [1.82, 2.24) is 15.0 Å². The van der Waals surface area contributed by atoms with Gasteiger partial charge < -0.3 is 4.98 Å². The third kappa shape index (κ3) is 1.66. The molecule has 0 amide bonds. The zero-order chi connectivity index (χ0) is 9.97. The molecule has 0 unspecified atom stereocenters. The molecule has 0 aromatic carbocycles. The monoisotopic (exact) mass is 191 g/mol. The first-order valence-electron chi connectivity index (χ1n) is 3.93. The second-order valence-electron chi connectivity index (χ2n) is 2.65. The Labute approximate surface area is 78.5 Å².